The Hall–Kier alpha value is -4.38. The smallest absolute Gasteiger partial charge is 0.355 e. The third-order valence-corrected chi connectivity index (χ3v) is 5.11. The number of aromatic nitrogens is 3. The van der Waals surface area contributed by atoms with Gasteiger partial charge in [-0.1, -0.05) is 78.9 Å². The minimum Gasteiger partial charge on any atom is -0.508 e. The average Bonchev–Trinajstić information content (AvgIpc) is 3.17. The van der Waals surface area contributed by atoms with Gasteiger partial charge >= 0.3 is 5.69 Å². The number of hydrogen-bond donors (Lipinski definition) is 1. The molecule has 0 amide bonds. The number of nitrogens with zero attached hydrogens (tertiary/aromatic N) is 3. The van der Waals surface area contributed by atoms with Gasteiger partial charge in [-0.15, -0.1) is 5.10 Å². The van der Waals surface area contributed by atoms with Crippen molar-refractivity contribution in [3.63, 3.8) is 0 Å². The molecule has 0 aliphatic rings. The fraction of sp³-hybridized carbons (Fsp3) is 0. The van der Waals surface area contributed by atoms with Gasteiger partial charge in [0.15, 0.2) is 5.82 Å². The van der Waals surface area contributed by atoms with Crippen molar-refractivity contribution >= 4 is 0 Å². The normalized spacial score (nSPS) is 10.8. The fourth-order valence-electron chi connectivity index (χ4n) is 3.68. The van der Waals surface area contributed by atoms with Crippen molar-refractivity contribution in [3.8, 4) is 39.6 Å². The van der Waals surface area contributed by atoms with Crippen molar-refractivity contribution in [2.24, 2.45) is 0 Å². The molecule has 31 heavy (non-hydrogen) atoms. The van der Waals surface area contributed by atoms with Crippen molar-refractivity contribution in [1.82, 2.24) is 14.3 Å². The standard InChI is InChI=1S/C26H19N3O2/c30-22-15-9-12-20(18-22)23-16-7-8-17-24(23)29-26(31)28(21-13-5-2-6-14-21)25(27-29)19-10-3-1-4-11-19/h1-18,30H. The van der Waals surface area contributed by atoms with Crippen LogP contribution in [0.15, 0.2) is 114 Å². The van der Waals surface area contributed by atoms with Gasteiger partial charge in [-0.2, -0.15) is 4.68 Å². The number of benzene rings is 4. The molecule has 5 heteroatoms. The quantitative estimate of drug-likeness (QED) is 0.454. The third kappa shape index (κ3) is 3.42. The van der Waals surface area contributed by atoms with Crippen LogP contribution in [0, 0.1) is 0 Å². The van der Waals surface area contributed by atoms with E-state index in [1.54, 1.807) is 22.8 Å². The second-order valence-corrected chi connectivity index (χ2v) is 7.12. The molecule has 5 aromatic rings. The lowest BCUT2D eigenvalue weighted by molar-refractivity contribution is 0.475. The van der Waals surface area contributed by atoms with Crippen molar-refractivity contribution < 1.29 is 5.11 Å². The first-order valence-corrected chi connectivity index (χ1v) is 9.94. The summed E-state index contributed by atoms with van der Waals surface area (Å²) >= 11 is 0. The van der Waals surface area contributed by atoms with Gasteiger partial charge in [0.05, 0.1) is 11.4 Å². The first-order valence-electron chi connectivity index (χ1n) is 9.94. The Morgan fingerprint density at radius 2 is 1.32 bits per heavy atom. The topological polar surface area (TPSA) is 60.1 Å². The molecule has 0 bridgehead atoms. The Balaban J connectivity index is 1.78. The maximum absolute atomic E-state index is 13.6. The molecule has 0 saturated carbocycles. The van der Waals surface area contributed by atoms with Crippen LogP contribution >= 0.6 is 0 Å². The lowest BCUT2D eigenvalue weighted by Gasteiger charge is -2.09. The van der Waals surface area contributed by atoms with E-state index in [4.69, 9.17) is 5.10 Å². The summed E-state index contributed by atoms with van der Waals surface area (Å²) in [6.07, 6.45) is 0. The predicted molar refractivity (Wildman–Crippen MR) is 122 cm³/mol. The zero-order valence-corrected chi connectivity index (χ0v) is 16.6. The van der Waals surface area contributed by atoms with Crippen LogP contribution in [0.2, 0.25) is 0 Å². The summed E-state index contributed by atoms with van der Waals surface area (Å²) in [7, 11) is 0. The molecule has 150 valence electrons. The monoisotopic (exact) mass is 405 g/mol. The molecule has 0 saturated heterocycles. The van der Waals surface area contributed by atoms with Crippen LogP contribution in [0.25, 0.3) is 33.9 Å². The van der Waals surface area contributed by atoms with E-state index in [-0.39, 0.29) is 11.4 Å². The largest absolute Gasteiger partial charge is 0.508 e. The highest BCUT2D eigenvalue weighted by atomic mass is 16.3. The molecular weight excluding hydrogens is 386 g/mol. The number of para-hydroxylation sites is 2. The molecule has 4 aromatic carbocycles. The number of rotatable bonds is 4. The average molecular weight is 405 g/mol. The van der Waals surface area contributed by atoms with Crippen LogP contribution in [-0.4, -0.2) is 19.5 Å². The molecule has 1 N–H and O–H groups in total. The summed E-state index contributed by atoms with van der Waals surface area (Å²) in [5.41, 5.74) is 3.57. The van der Waals surface area contributed by atoms with E-state index in [1.807, 2.05) is 91.0 Å². The lowest BCUT2D eigenvalue weighted by Crippen LogP contribution is -2.23. The van der Waals surface area contributed by atoms with E-state index in [0.717, 1.165) is 22.4 Å². The summed E-state index contributed by atoms with van der Waals surface area (Å²) in [5, 5.41) is 14.7. The van der Waals surface area contributed by atoms with E-state index in [2.05, 4.69) is 0 Å². The van der Waals surface area contributed by atoms with Gasteiger partial charge in [0.1, 0.15) is 5.75 Å². The maximum Gasteiger partial charge on any atom is 0.355 e. The van der Waals surface area contributed by atoms with E-state index in [1.165, 1.54) is 4.68 Å². The van der Waals surface area contributed by atoms with Crippen LogP contribution in [0.1, 0.15) is 0 Å². The Morgan fingerprint density at radius 1 is 0.677 bits per heavy atom. The molecule has 5 nitrogen and oxygen atoms in total. The summed E-state index contributed by atoms with van der Waals surface area (Å²) in [6, 6.07) is 33.7. The zero-order chi connectivity index (χ0) is 21.2. The molecule has 0 unspecified atom stereocenters. The minimum atomic E-state index is -0.266. The van der Waals surface area contributed by atoms with Gasteiger partial charge < -0.3 is 5.11 Å². The SMILES string of the molecule is O=c1n(-c2ccccc2-c2cccc(O)c2)nc(-c2ccccc2)n1-c1ccccc1. The molecule has 0 atom stereocenters. The van der Waals surface area contributed by atoms with Gasteiger partial charge in [0.25, 0.3) is 0 Å². The van der Waals surface area contributed by atoms with Crippen LogP contribution < -0.4 is 5.69 Å². The maximum atomic E-state index is 13.6. The molecule has 5 rings (SSSR count). The molecule has 0 aliphatic carbocycles. The van der Waals surface area contributed by atoms with Crippen molar-refractivity contribution in [2.45, 2.75) is 0 Å². The number of phenolic OH excluding ortho intramolecular Hbond substituents is 1. The Kier molecular flexibility index (Phi) is 4.69. The zero-order valence-electron chi connectivity index (χ0n) is 16.6. The molecule has 1 aromatic heterocycles. The second-order valence-electron chi connectivity index (χ2n) is 7.12. The molecule has 0 fully saturated rings. The van der Waals surface area contributed by atoms with Gasteiger partial charge in [-0.05, 0) is 35.9 Å². The van der Waals surface area contributed by atoms with Gasteiger partial charge in [-0.25, -0.2) is 9.36 Å². The van der Waals surface area contributed by atoms with Crippen LogP contribution in [-0.2, 0) is 0 Å². The Labute approximate surface area is 179 Å². The van der Waals surface area contributed by atoms with Crippen LogP contribution in [0.5, 0.6) is 5.75 Å². The van der Waals surface area contributed by atoms with Crippen molar-refractivity contribution in [2.75, 3.05) is 0 Å². The Bertz CT molecular complexity index is 1400. The van der Waals surface area contributed by atoms with E-state index >= 15 is 0 Å². The van der Waals surface area contributed by atoms with Crippen LogP contribution in [0.4, 0.5) is 0 Å². The highest BCUT2D eigenvalue weighted by Crippen LogP contribution is 2.29. The van der Waals surface area contributed by atoms with Crippen molar-refractivity contribution in [3.05, 3.63) is 120 Å². The van der Waals surface area contributed by atoms with Gasteiger partial charge in [-0.3, -0.25) is 0 Å². The fourth-order valence-corrected chi connectivity index (χ4v) is 3.68. The summed E-state index contributed by atoms with van der Waals surface area (Å²) in [5.74, 6) is 0.724. The highest BCUT2D eigenvalue weighted by Gasteiger charge is 2.19. The highest BCUT2D eigenvalue weighted by molar-refractivity contribution is 5.74. The first kappa shape index (κ1) is 18.6. The minimum absolute atomic E-state index is 0.166. The second kappa shape index (κ2) is 7.80. The number of hydrogen-bond acceptors (Lipinski definition) is 3. The molecule has 0 aliphatic heterocycles. The molecule has 1 heterocycles. The molecule has 0 radical (unpaired) electrons. The number of aromatic hydroxyl groups is 1. The van der Waals surface area contributed by atoms with E-state index in [9.17, 15) is 9.90 Å². The first-order chi connectivity index (χ1) is 15.2. The van der Waals surface area contributed by atoms with E-state index < -0.39 is 0 Å². The summed E-state index contributed by atoms with van der Waals surface area (Å²) in [6.45, 7) is 0. The van der Waals surface area contributed by atoms with Crippen LogP contribution in [0.3, 0.4) is 0 Å². The van der Waals surface area contributed by atoms with Gasteiger partial charge in [0.2, 0.25) is 0 Å². The van der Waals surface area contributed by atoms with E-state index in [0.29, 0.717) is 11.5 Å². The van der Waals surface area contributed by atoms with Gasteiger partial charge in [0, 0.05) is 11.1 Å². The molecule has 0 spiro atoms. The molecular formula is C26H19N3O2. The summed E-state index contributed by atoms with van der Waals surface area (Å²) < 4.78 is 3.04. The Morgan fingerprint density at radius 3 is 2.06 bits per heavy atom. The van der Waals surface area contributed by atoms with Crippen molar-refractivity contribution in [1.29, 1.82) is 0 Å². The predicted octanol–water partition coefficient (Wildman–Crippen LogP) is 5.06. The third-order valence-electron chi connectivity index (χ3n) is 5.11. The number of phenols is 1. The summed E-state index contributed by atoms with van der Waals surface area (Å²) in [4.78, 5) is 13.6. The lowest BCUT2D eigenvalue weighted by atomic mass is 10.0.